The van der Waals surface area contributed by atoms with E-state index in [-0.39, 0.29) is 5.02 Å². The molecular formula is C13H13ClN4O. The van der Waals surface area contributed by atoms with Crippen molar-refractivity contribution in [1.82, 2.24) is 15.5 Å². The number of hydrogen-bond acceptors (Lipinski definition) is 4. The fourth-order valence-corrected chi connectivity index (χ4v) is 2.40. The molecule has 0 radical (unpaired) electrons. The smallest absolute Gasteiger partial charge is 0.285 e. The van der Waals surface area contributed by atoms with Gasteiger partial charge in [0, 0.05) is 12.2 Å². The first-order valence-corrected chi connectivity index (χ1v) is 6.45. The molecule has 0 fully saturated rings. The Morgan fingerprint density at radius 3 is 3.11 bits per heavy atom. The second kappa shape index (κ2) is 5.03. The first kappa shape index (κ1) is 12.2. The molecule has 0 bridgehead atoms. The number of benzene rings is 1. The lowest BCUT2D eigenvalue weighted by molar-refractivity contribution is 0.645. The zero-order valence-corrected chi connectivity index (χ0v) is 10.9. The van der Waals surface area contributed by atoms with Crippen molar-refractivity contribution < 1.29 is 0 Å². The van der Waals surface area contributed by atoms with E-state index in [1.807, 2.05) is 12.1 Å². The van der Waals surface area contributed by atoms with Gasteiger partial charge in [0.1, 0.15) is 5.02 Å². The van der Waals surface area contributed by atoms with E-state index >= 15 is 0 Å². The van der Waals surface area contributed by atoms with Crippen LogP contribution in [0.15, 0.2) is 29.2 Å². The molecule has 2 heterocycles. The van der Waals surface area contributed by atoms with Gasteiger partial charge in [0.15, 0.2) is 0 Å². The van der Waals surface area contributed by atoms with Crippen molar-refractivity contribution in [1.29, 1.82) is 0 Å². The summed E-state index contributed by atoms with van der Waals surface area (Å²) in [4.78, 5) is 11.4. The highest BCUT2D eigenvalue weighted by Crippen LogP contribution is 2.27. The molecule has 1 aromatic heterocycles. The van der Waals surface area contributed by atoms with Crippen LogP contribution in [-0.2, 0) is 13.0 Å². The molecule has 0 spiro atoms. The van der Waals surface area contributed by atoms with E-state index in [1.165, 1.54) is 17.3 Å². The third kappa shape index (κ3) is 2.34. The topological polar surface area (TPSA) is 69.8 Å². The summed E-state index contributed by atoms with van der Waals surface area (Å²) < 4.78 is 0. The predicted octanol–water partition coefficient (Wildman–Crippen LogP) is 1.81. The van der Waals surface area contributed by atoms with Crippen LogP contribution in [0.2, 0.25) is 5.02 Å². The number of H-pyrrole nitrogens is 1. The van der Waals surface area contributed by atoms with Crippen LogP contribution in [0.5, 0.6) is 0 Å². The Kier molecular flexibility index (Phi) is 3.23. The van der Waals surface area contributed by atoms with Crippen molar-refractivity contribution in [2.24, 2.45) is 0 Å². The molecule has 98 valence electrons. The number of nitrogens with zero attached hydrogens (tertiary/aromatic N) is 1. The number of fused-ring (bicyclic) bond motifs is 1. The molecule has 3 rings (SSSR count). The van der Waals surface area contributed by atoms with Crippen LogP contribution in [0.25, 0.3) is 0 Å². The van der Waals surface area contributed by atoms with E-state index in [0.29, 0.717) is 5.69 Å². The molecule has 0 saturated heterocycles. The summed E-state index contributed by atoms with van der Waals surface area (Å²) in [7, 11) is 0. The van der Waals surface area contributed by atoms with Gasteiger partial charge in [-0.15, -0.1) is 0 Å². The molecule has 0 atom stereocenters. The van der Waals surface area contributed by atoms with Crippen LogP contribution in [0.1, 0.15) is 11.1 Å². The van der Waals surface area contributed by atoms with Gasteiger partial charge in [-0.05, 0) is 30.2 Å². The van der Waals surface area contributed by atoms with Crippen LogP contribution in [0.4, 0.5) is 11.4 Å². The Morgan fingerprint density at radius 1 is 1.32 bits per heavy atom. The largest absolute Gasteiger partial charge is 0.353 e. The van der Waals surface area contributed by atoms with Gasteiger partial charge >= 0.3 is 0 Å². The third-order valence-corrected chi connectivity index (χ3v) is 3.58. The van der Waals surface area contributed by atoms with Crippen LogP contribution in [-0.4, -0.2) is 16.7 Å². The second-order valence-electron chi connectivity index (χ2n) is 4.42. The molecule has 1 aromatic carbocycles. The predicted molar refractivity (Wildman–Crippen MR) is 75.0 cm³/mol. The molecule has 0 unspecified atom stereocenters. The molecule has 6 heteroatoms. The minimum absolute atomic E-state index is 0.126. The van der Waals surface area contributed by atoms with E-state index in [0.717, 1.165) is 25.2 Å². The Morgan fingerprint density at radius 2 is 2.21 bits per heavy atom. The summed E-state index contributed by atoms with van der Waals surface area (Å²) in [5, 5.41) is 12.7. The summed E-state index contributed by atoms with van der Waals surface area (Å²) in [5.74, 6) is 0. The molecule has 3 N–H and O–H groups in total. The Bertz CT molecular complexity index is 668. The van der Waals surface area contributed by atoms with Crippen molar-refractivity contribution in [2.45, 2.75) is 13.0 Å². The third-order valence-electron chi connectivity index (χ3n) is 3.21. The zero-order valence-electron chi connectivity index (χ0n) is 10.2. The lowest BCUT2D eigenvalue weighted by Crippen LogP contribution is -2.24. The van der Waals surface area contributed by atoms with Gasteiger partial charge in [-0.3, -0.25) is 4.79 Å². The Balaban J connectivity index is 2.00. The molecule has 0 saturated carbocycles. The van der Waals surface area contributed by atoms with Crippen molar-refractivity contribution in [3.63, 3.8) is 0 Å². The Labute approximate surface area is 115 Å². The standard InChI is InChI=1S/C13H13ClN4O/c14-12-11(7-16-18-13(12)19)17-10-3-1-2-8-6-15-5-4-9(8)10/h1-3,7,15H,4-6H2,(H2,17,18,19). The number of nitrogens with one attached hydrogen (secondary N) is 3. The summed E-state index contributed by atoms with van der Waals surface area (Å²) in [5.41, 5.74) is 3.64. The molecule has 0 aliphatic carbocycles. The van der Waals surface area contributed by atoms with E-state index < -0.39 is 5.56 Å². The van der Waals surface area contributed by atoms with E-state index in [1.54, 1.807) is 0 Å². The maximum atomic E-state index is 11.4. The highest BCUT2D eigenvalue weighted by atomic mass is 35.5. The van der Waals surface area contributed by atoms with E-state index in [4.69, 9.17) is 11.6 Å². The van der Waals surface area contributed by atoms with E-state index in [9.17, 15) is 4.79 Å². The van der Waals surface area contributed by atoms with Gasteiger partial charge in [0.2, 0.25) is 0 Å². The normalized spacial score (nSPS) is 13.9. The second-order valence-corrected chi connectivity index (χ2v) is 4.80. The molecule has 5 nitrogen and oxygen atoms in total. The van der Waals surface area contributed by atoms with Crippen molar-refractivity contribution in [3.05, 3.63) is 50.9 Å². The summed E-state index contributed by atoms with van der Waals surface area (Å²) in [6.45, 7) is 1.82. The summed E-state index contributed by atoms with van der Waals surface area (Å²) in [6, 6.07) is 6.08. The van der Waals surface area contributed by atoms with Gasteiger partial charge in [-0.25, -0.2) is 5.10 Å². The molecule has 2 aromatic rings. The van der Waals surface area contributed by atoms with Crippen LogP contribution < -0.4 is 16.2 Å². The lowest BCUT2D eigenvalue weighted by Gasteiger charge is -2.21. The average Bonchev–Trinajstić information content (AvgIpc) is 2.44. The molecule has 0 amide bonds. The summed E-state index contributed by atoms with van der Waals surface area (Å²) >= 11 is 5.97. The maximum absolute atomic E-state index is 11.4. The van der Waals surface area contributed by atoms with Crippen molar-refractivity contribution in [3.8, 4) is 0 Å². The monoisotopic (exact) mass is 276 g/mol. The van der Waals surface area contributed by atoms with E-state index in [2.05, 4.69) is 26.9 Å². The summed E-state index contributed by atoms with van der Waals surface area (Å²) in [6.07, 6.45) is 2.47. The van der Waals surface area contributed by atoms with Gasteiger partial charge in [0.25, 0.3) is 5.56 Å². The number of aromatic nitrogens is 2. The molecule has 19 heavy (non-hydrogen) atoms. The fourth-order valence-electron chi connectivity index (χ4n) is 2.26. The molecular weight excluding hydrogens is 264 g/mol. The Hall–Kier alpha value is -1.85. The minimum atomic E-state index is -0.391. The highest BCUT2D eigenvalue weighted by Gasteiger charge is 2.13. The first-order valence-electron chi connectivity index (χ1n) is 6.07. The number of halogens is 1. The average molecular weight is 277 g/mol. The van der Waals surface area contributed by atoms with Crippen LogP contribution in [0, 0.1) is 0 Å². The quantitative estimate of drug-likeness (QED) is 0.782. The van der Waals surface area contributed by atoms with Gasteiger partial charge < -0.3 is 10.6 Å². The van der Waals surface area contributed by atoms with Crippen LogP contribution in [0.3, 0.4) is 0 Å². The highest BCUT2D eigenvalue weighted by molar-refractivity contribution is 6.33. The van der Waals surface area contributed by atoms with Gasteiger partial charge in [-0.1, -0.05) is 23.7 Å². The molecule has 1 aliphatic heterocycles. The number of hydrogen-bond donors (Lipinski definition) is 3. The zero-order chi connectivity index (χ0) is 13.2. The van der Waals surface area contributed by atoms with Crippen molar-refractivity contribution in [2.75, 3.05) is 11.9 Å². The number of anilines is 2. The number of rotatable bonds is 2. The maximum Gasteiger partial charge on any atom is 0.285 e. The van der Waals surface area contributed by atoms with Crippen LogP contribution >= 0.6 is 11.6 Å². The SMILES string of the molecule is O=c1[nH]ncc(Nc2cccc3c2CCNC3)c1Cl. The van der Waals surface area contributed by atoms with Crippen molar-refractivity contribution >= 4 is 23.0 Å². The first-order chi connectivity index (χ1) is 9.25. The lowest BCUT2D eigenvalue weighted by atomic mass is 9.99. The van der Waals surface area contributed by atoms with Gasteiger partial charge in [0.05, 0.1) is 11.9 Å². The minimum Gasteiger partial charge on any atom is -0.353 e. The number of aromatic amines is 1. The molecule has 1 aliphatic rings. The fraction of sp³-hybridized carbons (Fsp3) is 0.231. The van der Waals surface area contributed by atoms with Gasteiger partial charge in [-0.2, -0.15) is 5.10 Å².